The number of hydrogen-bond acceptors (Lipinski definition) is 4. The zero-order valence-electron chi connectivity index (χ0n) is 26.9. The third-order valence-electron chi connectivity index (χ3n) is 9.47. The van der Waals surface area contributed by atoms with Crippen LogP contribution in [-0.4, -0.2) is 19.5 Å². The van der Waals surface area contributed by atoms with Crippen LogP contribution in [-0.2, 0) is 0 Å². The second-order valence-corrected chi connectivity index (χ2v) is 13.4. The fourth-order valence-corrected chi connectivity index (χ4v) is 8.54. The molecule has 10 aromatic rings. The molecular weight excluding hydrogens is 629 g/mol. The Bertz CT molecular complexity index is 2800. The molecule has 0 aliphatic heterocycles. The van der Waals surface area contributed by atoms with Crippen LogP contribution in [0.4, 0.5) is 0 Å². The summed E-state index contributed by atoms with van der Waals surface area (Å²) in [6, 6.07) is 59.6. The van der Waals surface area contributed by atoms with Crippen LogP contribution in [0.1, 0.15) is 0 Å². The minimum atomic E-state index is 0.660. The van der Waals surface area contributed by atoms with Gasteiger partial charge in [0, 0.05) is 42.9 Å². The van der Waals surface area contributed by atoms with Crippen molar-refractivity contribution < 1.29 is 0 Å². The molecule has 0 aliphatic rings. The summed E-state index contributed by atoms with van der Waals surface area (Å²) in [5.41, 5.74) is 8.91. The molecule has 50 heavy (non-hydrogen) atoms. The molecule has 0 bridgehead atoms. The predicted octanol–water partition coefficient (Wildman–Crippen LogP) is 12.0. The van der Waals surface area contributed by atoms with Crippen molar-refractivity contribution in [2.24, 2.45) is 0 Å². The summed E-state index contributed by atoms with van der Waals surface area (Å²) in [7, 11) is 0. The van der Waals surface area contributed by atoms with Crippen molar-refractivity contribution in [2.45, 2.75) is 0 Å². The maximum absolute atomic E-state index is 5.09. The summed E-state index contributed by atoms with van der Waals surface area (Å²) in [4.78, 5) is 15.1. The first-order valence-electron chi connectivity index (χ1n) is 16.7. The Labute approximate surface area is 292 Å². The van der Waals surface area contributed by atoms with Crippen molar-refractivity contribution in [3.05, 3.63) is 170 Å². The van der Waals surface area contributed by atoms with Gasteiger partial charge in [-0.15, -0.1) is 11.3 Å². The highest BCUT2D eigenvalue weighted by molar-refractivity contribution is 7.26. The molecule has 0 atom stereocenters. The maximum Gasteiger partial charge on any atom is 0.165 e. The lowest BCUT2D eigenvalue weighted by molar-refractivity contribution is 1.08. The quantitative estimate of drug-likeness (QED) is 0.185. The molecule has 0 N–H and O–H groups in total. The molecule has 0 aliphatic carbocycles. The number of benzene rings is 7. The van der Waals surface area contributed by atoms with Gasteiger partial charge in [0.1, 0.15) is 0 Å². The molecule has 0 radical (unpaired) electrons. The van der Waals surface area contributed by atoms with E-state index >= 15 is 0 Å². The van der Waals surface area contributed by atoms with Gasteiger partial charge in [-0.05, 0) is 35.4 Å². The van der Waals surface area contributed by atoms with Crippen LogP contribution in [0, 0.1) is 0 Å². The van der Waals surface area contributed by atoms with Crippen molar-refractivity contribution in [3.8, 4) is 51.0 Å². The molecule has 4 nitrogen and oxygen atoms in total. The van der Waals surface area contributed by atoms with E-state index in [9.17, 15) is 0 Å². The first-order chi connectivity index (χ1) is 24.8. The third kappa shape index (κ3) is 4.55. The van der Waals surface area contributed by atoms with Crippen molar-refractivity contribution in [2.75, 3.05) is 0 Å². The van der Waals surface area contributed by atoms with Crippen LogP contribution >= 0.6 is 11.3 Å². The van der Waals surface area contributed by atoms with Crippen molar-refractivity contribution in [3.63, 3.8) is 0 Å². The highest BCUT2D eigenvalue weighted by atomic mass is 32.1. The van der Waals surface area contributed by atoms with Gasteiger partial charge in [-0.25, -0.2) is 15.0 Å². The maximum atomic E-state index is 5.09. The Morgan fingerprint density at radius 2 is 0.860 bits per heavy atom. The molecule has 0 amide bonds. The van der Waals surface area contributed by atoms with E-state index < -0.39 is 0 Å². The molecule has 3 aromatic heterocycles. The standard InChI is InChI=1S/C45H28N4S/c1-4-15-29(16-5-1)32-22-13-27-38-40(32)35-21-10-11-26-37(35)49(38)39-28-14-24-34-33-23-12-25-36(41(33)50-42(34)39)45-47-43(30-17-6-2-7-18-30)46-44(48-45)31-19-8-3-9-20-31/h1-28H. The number of para-hydroxylation sites is 1. The Morgan fingerprint density at radius 1 is 0.360 bits per heavy atom. The highest BCUT2D eigenvalue weighted by Crippen LogP contribution is 2.45. The lowest BCUT2D eigenvalue weighted by Gasteiger charge is -2.10. The van der Waals surface area contributed by atoms with Gasteiger partial charge in [-0.1, -0.05) is 146 Å². The highest BCUT2D eigenvalue weighted by Gasteiger charge is 2.21. The lowest BCUT2D eigenvalue weighted by Crippen LogP contribution is -2.00. The summed E-state index contributed by atoms with van der Waals surface area (Å²) in [6.45, 7) is 0. The SMILES string of the molecule is c1ccc(-c2nc(-c3ccccc3)nc(-c3cccc4c3sc3c(-n5c6ccccc6c6c(-c7ccccc7)cccc65)cccc34)n2)cc1. The fraction of sp³-hybridized carbons (Fsp3) is 0. The Hall–Kier alpha value is -6.43. The van der Waals surface area contributed by atoms with Gasteiger partial charge >= 0.3 is 0 Å². The van der Waals surface area contributed by atoms with E-state index in [4.69, 9.17) is 15.0 Å². The van der Waals surface area contributed by atoms with Crippen molar-refractivity contribution in [1.82, 2.24) is 19.5 Å². The first kappa shape index (κ1) is 28.6. The van der Waals surface area contributed by atoms with Crippen molar-refractivity contribution in [1.29, 1.82) is 0 Å². The van der Waals surface area contributed by atoms with Gasteiger partial charge in [0.25, 0.3) is 0 Å². The molecular formula is C45H28N4S. The van der Waals surface area contributed by atoms with Crippen LogP contribution in [0.25, 0.3) is 93.0 Å². The van der Waals surface area contributed by atoms with Gasteiger partial charge in [0.2, 0.25) is 0 Å². The molecule has 0 saturated carbocycles. The van der Waals surface area contributed by atoms with E-state index in [0.29, 0.717) is 17.5 Å². The Kier molecular flexibility index (Phi) is 6.64. The molecule has 7 aromatic carbocycles. The molecule has 234 valence electrons. The van der Waals surface area contributed by atoms with Crippen LogP contribution in [0.3, 0.4) is 0 Å². The van der Waals surface area contributed by atoms with Gasteiger partial charge in [-0.2, -0.15) is 0 Å². The first-order valence-corrected chi connectivity index (χ1v) is 17.5. The fourth-order valence-electron chi connectivity index (χ4n) is 7.22. The van der Waals surface area contributed by atoms with E-state index in [1.165, 1.54) is 48.4 Å². The minimum absolute atomic E-state index is 0.660. The van der Waals surface area contributed by atoms with E-state index in [-0.39, 0.29) is 0 Å². The Morgan fingerprint density at radius 3 is 1.56 bits per heavy atom. The van der Waals surface area contributed by atoms with E-state index in [0.717, 1.165) is 27.1 Å². The van der Waals surface area contributed by atoms with E-state index in [1.807, 2.05) is 47.7 Å². The Balaban J connectivity index is 1.23. The van der Waals surface area contributed by atoms with Crippen molar-refractivity contribution >= 4 is 53.3 Å². The second-order valence-electron chi connectivity index (χ2n) is 12.4. The van der Waals surface area contributed by atoms with Gasteiger partial charge < -0.3 is 4.57 Å². The van der Waals surface area contributed by atoms with Crippen LogP contribution < -0.4 is 0 Å². The zero-order valence-corrected chi connectivity index (χ0v) is 27.7. The predicted molar refractivity (Wildman–Crippen MR) is 209 cm³/mol. The topological polar surface area (TPSA) is 43.6 Å². The average molecular weight is 657 g/mol. The molecule has 10 rings (SSSR count). The minimum Gasteiger partial charge on any atom is -0.308 e. The normalized spacial score (nSPS) is 11.6. The van der Waals surface area contributed by atoms with Gasteiger partial charge in [-0.3, -0.25) is 0 Å². The molecule has 0 spiro atoms. The monoisotopic (exact) mass is 656 g/mol. The molecule has 0 saturated heterocycles. The van der Waals surface area contributed by atoms with E-state index in [2.05, 4.69) is 138 Å². The molecule has 0 unspecified atom stereocenters. The number of nitrogens with zero attached hydrogens (tertiary/aromatic N) is 4. The number of rotatable bonds is 5. The third-order valence-corrected chi connectivity index (χ3v) is 10.7. The molecule has 5 heteroatoms. The van der Waals surface area contributed by atoms with Crippen LogP contribution in [0.5, 0.6) is 0 Å². The summed E-state index contributed by atoms with van der Waals surface area (Å²) in [5, 5.41) is 4.92. The zero-order chi connectivity index (χ0) is 33.0. The number of hydrogen-bond donors (Lipinski definition) is 0. The summed E-state index contributed by atoms with van der Waals surface area (Å²) < 4.78 is 4.83. The van der Waals surface area contributed by atoms with Gasteiger partial charge in [0.15, 0.2) is 17.5 Å². The van der Waals surface area contributed by atoms with Crippen LogP contribution in [0.2, 0.25) is 0 Å². The smallest absolute Gasteiger partial charge is 0.165 e. The molecule has 3 heterocycles. The average Bonchev–Trinajstić information content (AvgIpc) is 3.75. The van der Waals surface area contributed by atoms with Crippen LogP contribution in [0.15, 0.2) is 170 Å². The second kappa shape index (κ2) is 11.6. The molecule has 0 fully saturated rings. The largest absolute Gasteiger partial charge is 0.308 e. The summed E-state index contributed by atoms with van der Waals surface area (Å²) >= 11 is 1.81. The van der Waals surface area contributed by atoms with E-state index in [1.54, 1.807) is 0 Å². The summed E-state index contributed by atoms with van der Waals surface area (Å²) in [6.07, 6.45) is 0. The number of aromatic nitrogens is 4. The van der Waals surface area contributed by atoms with Gasteiger partial charge in [0.05, 0.1) is 21.4 Å². The lowest BCUT2D eigenvalue weighted by atomic mass is 9.99. The summed E-state index contributed by atoms with van der Waals surface area (Å²) in [5.74, 6) is 1.99. The number of thiophene rings is 1. The number of fused-ring (bicyclic) bond motifs is 6.